The van der Waals surface area contributed by atoms with Crippen molar-refractivity contribution in [3.05, 3.63) is 29.3 Å². The monoisotopic (exact) mass is 260 g/mol. The minimum absolute atomic E-state index is 0.440. The number of phenols is 1. The number of hydrogen-bond acceptors (Lipinski definition) is 3. The van der Waals surface area contributed by atoms with Crippen LogP contribution in [0.25, 0.3) is 0 Å². The number of nitrogens with zero attached hydrogens (tertiary/aromatic N) is 2. The highest BCUT2D eigenvalue weighted by molar-refractivity contribution is 5.35. The van der Waals surface area contributed by atoms with Gasteiger partial charge in [0.15, 0.2) is 0 Å². The van der Waals surface area contributed by atoms with Gasteiger partial charge < -0.3 is 5.11 Å². The third kappa shape index (κ3) is 2.93. The van der Waals surface area contributed by atoms with Crippen molar-refractivity contribution in [3.8, 4) is 5.75 Å². The lowest BCUT2D eigenvalue weighted by Gasteiger charge is -2.23. The first-order valence-electron chi connectivity index (χ1n) is 7.47. The molecular weight excluding hydrogens is 236 g/mol. The SMILES string of the molecule is Cc1ccc(O)c(CN2CCC(N3CCCC3)C2)c1. The quantitative estimate of drug-likeness (QED) is 0.904. The minimum atomic E-state index is 0.440. The van der Waals surface area contributed by atoms with Gasteiger partial charge in [-0.15, -0.1) is 0 Å². The molecule has 1 aromatic carbocycles. The van der Waals surface area contributed by atoms with E-state index in [4.69, 9.17) is 0 Å². The lowest BCUT2D eigenvalue weighted by Crippen LogP contribution is -2.35. The van der Waals surface area contributed by atoms with Gasteiger partial charge in [-0.25, -0.2) is 0 Å². The van der Waals surface area contributed by atoms with Crippen molar-refractivity contribution in [2.45, 2.75) is 38.8 Å². The van der Waals surface area contributed by atoms with Crippen LogP contribution in [0.3, 0.4) is 0 Å². The van der Waals surface area contributed by atoms with Crippen LogP contribution in [-0.2, 0) is 6.54 Å². The van der Waals surface area contributed by atoms with E-state index in [9.17, 15) is 5.11 Å². The molecule has 0 aromatic heterocycles. The second-order valence-corrected chi connectivity index (χ2v) is 6.05. The number of aryl methyl sites for hydroxylation is 1. The molecule has 1 unspecified atom stereocenters. The van der Waals surface area contributed by atoms with E-state index in [1.165, 1.54) is 37.9 Å². The van der Waals surface area contributed by atoms with Gasteiger partial charge in [0.25, 0.3) is 0 Å². The molecule has 2 saturated heterocycles. The third-order valence-electron chi connectivity index (χ3n) is 4.53. The summed E-state index contributed by atoms with van der Waals surface area (Å²) in [5, 5.41) is 9.94. The van der Waals surface area contributed by atoms with Gasteiger partial charge in [0, 0.05) is 31.2 Å². The van der Waals surface area contributed by atoms with Crippen LogP contribution in [-0.4, -0.2) is 47.1 Å². The van der Waals surface area contributed by atoms with E-state index in [2.05, 4.69) is 22.8 Å². The Kier molecular flexibility index (Phi) is 3.76. The molecule has 2 heterocycles. The number of likely N-dealkylation sites (tertiary alicyclic amines) is 2. The Morgan fingerprint density at radius 3 is 2.79 bits per heavy atom. The number of benzene rings is 1. The van der Waals surface area contributed by atoms with E-state index >= 15 is 0 Å². The summed E-state index contributed by atoms with van der Waals surface area (Å²) >= 11 is 0. The molecule has 1 N–H and O–H groups in total. The molecule has 0 saturated carbocycles. The Morgan fingerprint density at radius 2 is 2.00 bits per heavy atom. The van der Waals surface area contributed by atoms with Crippen molar-refractivity contribution in [3.63, 3.8) is 0 Å². The maximum atomic E-state index is 9.94. The minimum Gasteiger partial charge on any atom is -0.508 e. The van der Waals surface area contributed by atoms with Gasteiger partial charge >= 0.3 is 0 Å². The van der Waals surface area contributed by atoms with Crippen LogP contribution in [0.1, 0.15) is 30.4 Å². The first-order chi connectivity index (χ1) is 9.22. The van der Waals surface area contributed by atoms with Crippen LogP contribution >= 0.6 is 0 Å². The average molecular weight is 260 g/mol. The zero-order valence-electron chi connectivity index (χ0n) is 11.8. The summed E-state index contributed by atoms with van der Waals surface area (Å²) < 4.78 is 0. The molecule has 3 rings (SSSR count). The van der Waals surface area contributed by atoms with E-state index in [0.717, 1.165) is 31.2 Å². The molecule has 0 spiro atoms. The van der Waals surface area contributed by atoms with Crippen LogP contribution in [0.5, 0.6) is 5.75 Å². The van der Waals surface area contributed by atoms with Crippen LogP contribution in [0.15, 0.2) is 18.2 Å². The normalized spacial score (nSPS) is 25.2. The van der Waals surface area contributed by atoms with Crippen molar-refractivity contribution in [2.24, 2.45) is 0 Å². The van der Waals surface area contributed by atoms with Gasteiger partial charge in [0.2, 0.25) is 0 Å². The predicted octanol–water partition coefficient (Wildman–Crippen LogP) is 2.37. The Balaban J connectivity index is 1.60. The van der Waals surface area contributed by atoms with E-state index in [0.29, 0.717) is 5.75 Å². The molecule has 2 fully saturated rings. The summed E-state index contributed by atoms with van der Waals surface area (Å²) in [5.74, 6) is 0.440. The Bertz CT molecular complexity index is 440. The largest absolute Gasteiger partial charge is 0.508 e. The van der Waals surface area contributed by atoms with Crippen LogP contribution in [0.4, 0.5) is 0 Å². The Morgan fingerprint density at radius 1 is 1.21 bits per heavy atom. The molecule has 0 aliphatic carbocycles. The van der Waals surface area contributed by atoms with E-state index in [-0.39, 0.29) is 0 Å². The summed E-state index contributed by atoms with van der Waals surface area (Å²) in [6.07, 6.45) is 4.02. The van der Waals surface area contributed by atoms with Gasteiger partial charge in [0.1, 0.15) is 5.75 Å². The van der Waals surface area contributed by atoms with Crippen molar-refractivity contribution in [1.29, 1.82) is 0 Å². The molecule has 3 nitrogen and oxygen atoms in total. The first-order valence-corrected chi connectivity index (χ1v) is 7.47. The Labute approximate surface area is 115 Å². The lowest BCUT2D eigenvalue weighted by atomic mass is 10.1. The second kappa shape index (κ2) is 5.51. The maximum Gasteiger partial charge on any atom is 0.120 e. The number of phenolic OH excluding ortho intramolecular Hbond substituents is 1. The van der Waals surface area contributed by atoms with Gasteiger partial charge in [-0.05, 0) is 45.3 Å². The molecule has 2 aliphatic rings. The van der Waals surface area contributed by atoms with Crippen LogP contribution in [0.2, 0.25) is 0 Å². The van der Waals surface area contributed by atoms with Crippen LogP contribution in [0, 0.1) is 6.92 Å². The smallest absolute Gasteiger partial charge is 0.120 e. The number of rotatable bonds is 3. The molecule has 1 aromatic rings. The molecule has 104 valence electrons. The highest BCUT2D eigenvalue weighted by atomic mass is 16.3. The van der Waals surface area contributed by atoms with Crippen molar-refractivity contribution < 1.29 is 5.11 Å². The molecule has 2 aliphatic heterocycles. The van der Waals surface area contributed by atoms with Gasteiger partial charge in [0.05, 0.1) is 0 Å². The topological polar surface area (TPSA) is 26.7 Å². The number of aromatic hydroxyl groups is 1. The highest BCUT2D eigenvalue weighted by Crippen LogP contribution is 2.25. The van der Waals surface area contributed by atoms with E-state index in [1.54, 1.807) is 0 Å². The predicted molar refractivity (Wildman–Crippen MR) is 77.3 cm³/mol. The fourth-order valence-corrected chi connectivity index (χ4v) is 3.44. The molecule has 1 atom stereocenters. The fourth-order valence-electron chi connectivity index (χ4n) is 3.44. The Hall–Kier alpha value is -1.06. The second-order valence-electron chi connectivity index (χ2n) is 6.05. The van der Waals surface area contributed by atoms with Crippen molar-refractivity contribution in [1.82, 2.24) is 9.80 Å². The summed E-state index contributed by atoms with van der Waals surface area (Å²) in [6, 6.07) is 6.64. The maximum absolute atomic E-state index is 9.94. The summed E-state index contributed by atoms with van der Waals surface area (Å²) in [5.41, 5.74) is 2.30. The van der Waals surface area contributed by atoms with Crippen molar-refractivity contribution in [2.75, 3.05) is 26.2 Å². The number of hydrogen-bond donors (Lipinski definition) is 1. The molecule has 19 heavy (non-hydrogen) atoms. The van der Waals surface area contributed by atoms with Gasteiger partial charge in [-0.3, -0.25) is 9.80 Å². The molecular formula is C16H24N2O. The zero-order chi connectivity index (χ0) is 13.2. The highest BCUT2D eigenvalue weighted by Gasteiger charge is 2.29. The molecule has 0 bridgehead atoms. The first kappa shape index (κ1) is 12.9. The summed E-state index contributed by atoms with van der Waals surface area (Å²) in [7, 11) is 0. The third-order valence-corrected chi connectivity index (χ3v) is 4.53. The fraction of sp³-hybridized carbons (Fsp3) is 0.625. The van der Waals surface area contributed by atoms with E-state index < -0.39 is 0 Å². The summed E-state index contributed by atoms with van der Waals surface area (Å²) in [4.78, 5) is 5.13. The zero-order valence-corrected chi connectivity index (χ0v) is 11.8. The molecule has 0 radical (unpaired) electrons. The van der Waals surface area contributed by atoms with Crippen LogP contribution < -0.4 is 0 Å². The molecule has 3 heteroatoms. The molecule has 0 amide bonds. The van der Waals surface area contributed by atoms with Crippen molar-refractivity contribution >= 4 is 0 Å². The van der Waals surface area contributed by atoms with Gasteiger partial charge in [-0.1, -0.05) is 17.7 Å². The average Bonchev–Trinajstić information content (AvgIpc) is 3.04. The van der Waals surface area contributed by atoms with E-state index in [1.807, 2.05) is 12.1 Å². The lowest BCUT2D eigenvalue weighted by molar-refractivity contribution is 0.229. The van der Waals surface area contributed by atoms with Gasteiger partial charge in [-0.2, -0.15) is 0 Å². The standard InChI is InChI=1S/C16H24N2O/c1-13-4-5-16(19)14(10-13)11-17-9-6-15(12-17)18-7-2-3-8-18/h4-5,10,15,19H,2-3,6-9,11-12H2,1H3. The summed E-state index contributed by atoms with van der Waals surface area (Å²) in [6.45, 7) is 7.86.